The maximum Gasteiger partial charge on any atom is 0.101 e. The first kappa shape index (κ1) is 12.9. The highest BCUT2D eigenvalue weighted by Crippen LogP contribution is 2.34. The molecular formula is C14H14BrN3. The van der Waals surface area contributed by atoms with E-state index in [4.69, 9.17) is 5.26 Å². The summed E-state index contributed by atoms with van der Waals surface area (Å²) in [6, 6.07) is 10.9. The monoisotopic (exact) mass is 303 g/mol. The van der Waals surface area contributed by atoms with Crippen LogP contribution in [0.3, 0.4) is 0 Å². The number of benzene rings is 1. The second kappa shape index (κ2) is 5.89. The smallest absolute Gasteiger partial charge is 0.101 e. The lowest BCUT2D eigenvalue weighted by molar-refractivity contribution is 0.791. The Morgan fingerprint density at radius 3 is 2.67 bits per heavy atom. The maximum atomic E-state index is 9.26. The maximum absolute atomic E-state index is 9.26. The van der Waals surface area contributed by atoms with Crippen molar-refractivity contribution in [2.75, 3.05) is 11.4 Å². The third-order valence-corrected chi connectivity index (χ3v) is 3.74. The topological polar surface area (TPSA) is 50.8 Å². The van der Waals surface area contributed by atoms with Gasteiger partial charge in [-0.1, -0.05) is 22.0 Å². The van der Waals surface area contributed by atoms with Crippen LogP contribution >= 0.6 is 15.9 Å². The fourth-order valence-electron chi connectivity index (χ4n) is 2.06. The van der Waals surface area contributed by atoms with Gasteiger partial charge in [0, 0.05) is 17.9 Å². The van der Waals surface area contributed by atoms with Crippen LogP contribution in [0.2, 0.25) is 0 Å². The lowest BCUT2D eigenvalue weighted by atomic mass is 10.1. The van der Waals surface area contributed by atoms with E-state index >= 15 is 0 Å². The van der Waals surface area contributed by atoms with Crippen molar-refractivity contribution >= 4 is 21.6 Å². The van der Waals surface area contributed by atoms with E-state index in [1.165, 1.54) is 0 Å². The third kappa shape index (κ3) is 2.83. The van der Waals surface area contributed by atoms with Gasteiger partial charge in [-0.15, -0.1) is 0 Å². The molecule has 1 fully saturated rings. The van der Waals surface area contributed by atoms with Crippen LogP contribution in [0.1, 0.15) is 30.4 Å². The summed E-state index contributed by atoms with van der Waals surface area (Å²) in [5, 5.41) is 18.7. The zero-order valence-corrected chi connectivity index (χ0v) is 11.7. The van der Waals surface area contributed by atoms with E-state index in [0.29, 0.717) is 24.6 Å². The molecule has 0 bridgehead atoms. The number of nitrogens with zero attached hydrogens (tertiary/aromatic N) is 3. The fraction of sp³-hybridized carbons (Fsp3) is 0.429. The van der Waals surface area contributed by atoms with Gasteiger partial charge >= 0.3 is 0 Å². The molecule has 0 radical (unpaired) electrons. The van der Waals surface area contributed by atoms with Crippen LogP contribution in [0.5, 0.6) is 0 Å². The Morgan fingerprint density at radius 1 is 1.33 bits per heavy atom. The first-order valence-electron chi connectivity index (χ1n) is 6.02. The van der Waals surface area contributed by atoms with Crippen molar-refractivity contribution in [2.45, 2.75) is 30.6 Å². The Morgan fingerprint density at radius 2 is 2.11 bits per heavy atom. The zero-order valence-electron chi connectivity index (χ0n) is 10.1. The molecule has 4 heteroatoms. The van der Waals surface area contributed by atoms with Crippen molar-refractivity contribution in [3.8, 4) is 12.1 Å². The van der Waals surface area contributed by atoms with Crippen molar-refractivity contribution in [1.82, 2.24) is 0 Å². The highest BCUT2D eigenvalue weighted by Gasteiger charge is 2.30. The minimum atomic E-state index is 0.502. The van der Waals surface area contributed by atoms with Gasteiger partial charge in [0.25, 0.3) is 0 Å². The molecule has 1 aliphatic carbocycles. The summed E-state index contributed by atoms with van der Waals surface area (Å²) in [6.45, 7) is 0.712. The molecule has 0 atom stereocenters. The summed E-state index contributed by atoms with van der Waals surface area (Å²) in [7, 11) is 0. The molecule has 0 amide bonds. The van der Waals surface area contributed by atoms with Crippen molar-refractivity contribution in [2.24, 2.45) is 0 Å². The van der Waals surface area contributed by atoms with Crippen molar-refractivity contribution in [1.29, 1.82) is 10.5 Å². The molecule has 0 unspecified atom stereocenters. The van der Waals surface area contributed by atoms with Gasteiger partial charge in [-0.2, -0.15) is 10.5 Å². The molecule has 0 aliphatic heterocycles. The van der Waals surface area contributed by atoms with Crippen LogP contribution in [-0.2, 0) is 5.33 Å². The predicted molar refractivity (Wildman–Crippen MR) is 74.4 cm³/mol. The molecule has 1 saturated carbocycles. The number of hydrogen-bond acceptors (Lipinski definition) is 3. The number of halogens is 1. The van der Waals surface area contributed by atoms with E-state index in [1.54, 1.807) is 0 Å². The minimum absolute atomic E-state index is 0.502. The minimum Gasteiger partial charge on any atom is -0.366 e. The van der Waals surface area contributed by atoms with Gasteiger partial charge in [0.1, 0.15) is 6.07 Å². The molecule has 0 heterocycles. The summed E-state index contributed by atoms with van der Waals surface area (Å²) in [4.78, 5) is 2.21. The molecule has 3 nitrogen and oxygen atoms in total. The Hall–Kier alpha value is -1.52. The van der Waals surface area contributed by atoms with E-state index in [2.05, 4.69) is 33.0 Å². The standard InChI is InChI=1S/C14H14BrN3/c15-9-11-2-5-14(12(8-11)10-17)18(7-1-6-16)13-3-4-13/h2,5,8,13H,1,3-4,7,9H2. The quantitative estimate of drug-likeness (QED) is 0.784. The van der Waals surface area contributed by atoms with Crippen molar-refractivity contribution in [3.05, 3.63) is 29.3 Å². The van der Waals surface area contributed by atoms with E-state index in [1.807, 2.05) is 18.2 Å². The number of nitriles is 2. The molecule has 0 aromatic heterocycles. The second-order valence-corrected chi connectivity index (χ2v) is 4.99. The highest BCUT2D eigenvalue weighted by molar-refractivity contribution is 9.08. The van der Waals surface area contributed by atoms with Gasteiger partial charge in [0.05, 0.1) is 23.7 Å². The molecule has 1 aromatic carbocycles. The molecule has 0 N–H and O–H groups in total. The summed E-state index contributed by atoms with van der Waals surface area (Å²) < 4.78 is 0. The Bertz CT molecular complexity index is 509. The molecule has 1 aromatic rings. The predicted octanol–water partition coefficient (Wildman–Crippen LogP) is 3.34. The van der Waals surface area contributed by atoms with Gasteiger partial charge in [-0.3, -0.25) is 0 Å². The first-order chi connectivity index (χ1) is 8.80. The van der Waals surface area contributed by atoms with E-state index in [-0.39, 0.29) is 0 Å². The number of hydrogen-bond donors (Lipinski definition) is 0. The Labute approximate surface area is 116 Å². The fourth-order valence-corrected chi connectivity index (χ4v) is 2.41. The average Bonchev–Trinajstić information content (AvgIpc) is 3.24. The summed E-state index contributed by atoms with van der Waals surface area (Å²) in [5.41, 5.74) is 2.78. The number of anilines is 1. The Balaban J connectivity index is 2.29. The largest absolute Gasteiger partial charge is 0.366 e. The van der Waals surface area contributed by atoms with E-state index in [0.717, 1.165) is 29.4 Å². The molecule has 1 aliphatic rings. The van der Waals surface area contributed by atoms with Crippen LogP contribution in [0.25, 0.3) is 0 Å². The summed E-state index contributed by atoms with van der Waals surface area (Å²) in [6.07, 6.45) is 2.83. The van der Waals surface area contributed by atoms with Crippen LogP contribution < -0.4 is 4.90 Å². The molecule has 0 spiro atoms. The molecular weight excluding hydrogens is 290 g/mol. The van der Waals surface area contributed by atoms with Crippen LogP contribution in [0.4, 0.5) is 5.69 Å². The number of rotatable bonds is 5. The molecule has 92 valence electrons. The van der Waals surface area contributed by atoms with Gasteiger partial charge in [-0.25, -0.2) is 0 Å². The molecule has 0 saturated heterocycles. The molecule has 2 rings (SSSR count). The van der Waals surface area contributed by atoms with E-state index in [9.17, 15) is 5.26 Å². The second-order valence-electron chi connectivity index (χ2n) is 4.43. The van der Waals surface area contributed by atoms with Gasteiger partial charge < -0.3 is 4.90 Å². The normalized spacial score (nSPS) is 13.7. The SMILES string of the molecule is N#CCCN(c1ccc(CBr)cc1C#N)C1CC1. The van der Waals surface area contributed by atoms with Gasteiger partial charge in [0.15, 0.2) is 0 Å². The number of alkyl halides is 1. The Kier molecular flexibility index (Phi) is 4.23. The van der Waals surface area contributed by atoms with Crippen molar-refractivity contribution in [3.63, 3.8) is 0 Å². The van der Waals surface area contributed by atoms with Crippen LogP contribution in [-0.4, -0.2) is 12.6 Å². The zero-order chi connectivity index (χ0) is 13.0. The molecule has 18 heavy (non-hydrogen) atoms. The lowest BCUT2D eigenvalue weighted by Crippen LogP contribution is -2.27. The van der Waals surface area contributed by atoms with Gasteiger partial charge in [0.2, 0.25) is 0 Å². The highest BCUT2D eigenvalue weighted by atomic mass is 79.9. The van der Waals surface area contributed by atoms with Crippen LogP contribution in [0, 0.1) is 22.7 Å². The van der Waals surface area contributed by atoms with Gasteiger partial charge in [-0.05, 0) is 30.5 Å². The average molecular weight is 304 g/mol. The third-order valence-electron chi connectivity index (χ3n) is 3.10. The lowest BCUT2D eigenvalue weighted by Gasteiger charge is -2.24. The van der Waals surface area contributed by atoms with E-state index < -0.39 is 0 Å². The summed E-state index contributed by atoms with van der Waals surface area (Å²) >= 11 is 3.40. The first-order valence-corrected chi connectivity index (χ1v) is 7.15. The van der Waals surface area contributed by atoms with Crippen LogP contribution in [0.15, 0.2) is 18.2 Å². The summed E-state index contributed by atoms with van der Waals surface area (Å²) in [5.74, 6) is 0. The van der Waals surface area contributed by atoms with Crippen molar-refractivity contribution < 1.29 is 0 Å².